The largest absolute Gasteiger partial charge is 0.481 e. The van der Waals surface area contributed by atoms with Crippen molar-refractivity contribution in [2.75, 3.05) is 22.9 Å². The summed E-state index contributed by atoms with van der Waals surface area (Å²) in [5.74, 6) is -1.19. The van der Waals surface area contributed by atoms with Gasteiger partial charge in [0.1, 0.15) is 5.82 Å². The summed E-state index contributed by atoms with van der Waals surface area (Å²) < 4.78 is 13.7. The highest BCUT2D eigenvalue weighted by Crippen LogP contribution is 2.42. The molecule has 220 valence electrons. The van der Waals surface area contributed by atoms with Gasteiger partial charge in [0.2, 0.25) is 5.91 Å². The fourth-order valence-electron chi connectivity index (χ4n) is 6.96. The van der Waals surface area contributed by atoms with Crippen molar-refractivity contribution >= 4 is 40.1 Å². The Kier molecular flexibility index (Phi) is 8.33. The second-order valence-electron chi connectivity index (χ2n) is 11.6. The van der Waals surface area contributed by atoms with Crippen molar-refractivity contribution in [1.82, 2.24) is 9.97 Å². The van der Waals surface area contributed by atoms with Crippen molar-refractivity contribution in [2.24, 2.45) is 17.8 Å². The van der Waals surface area contributed by atoms with Crippen molar-refractivity contribution in [3.05, 3.63) is 48.0 Å². The second kappa shape index (κ2) is 12.3. The fraction of sp³-hybridized carbons (Fsp3) is 0.469. The number of carbonyl (C=O) groups is 3. The number of carboxylic acid groups (broad SMARTS) is 1. The lowest BCUT2D eigenvalue weighted by Crippen LogP contribution is -2.44. The average molecular weight is 591 g/mol. The van der Waals surface area contributed by atoms with Gasteiger partial charge in [0.05, 0.1) is 18.0 Å². The molecule has 2 amide bonds. The lowest BCUT2D eigenvalue weighted by molar-refractivity contribution is -0.142. The molecule has 1 unspecified atom stereocenters. The maximum atomic E-state index is 14.0. The van der Waals surface area contributed by atoms with Crippen molar-refractivity contribution in [3.63, 3.8) is 0 Å². The molecular weight excluding hydrogens is 555 g/mol. The molecule has 3 fully saturated rings. The number of hydrogen-bond acceptors (Lipinski definition) is 6. The molecule has 8 nitrogen and oxygen atoms in total. The Morgan fingerprint density at radius 3 is 2.38 bits per heavy atom. The number of aliphatic carboxylic acids is 1. The van der Waals surface area contributed by atoms with E-state index in [0.29, 0.717) is 30.0 Å². The maximum Gasteiger partial charge on any atom is 0.304 e. The van der Waals surface area contributed by atoms with Crippen LogP contribution in [0, 0.1) is 17.8 Å². The minimum atomic E-state index is -1.47. The number of halogens is 1. The summed E-state index contributed by atoms with van der Waals surface area (Å²) in [5.41, 5.74) is 3.33. The standard InChI is InChI=1S/C32H35FN4O4S/c33-26-14-16-36(31(26)41)28-13-12-21(18-34-28)23-9-3-4-11-24(23)27-19-42-32(35-27)37-15-6-5-10-22(20-7-1-2-8-20)25(30(37)40)17-29(38)39/h3-4,9,11-13,18-20,22,25-26H,1-2,5-8,10,14-17H2,(H,38,39)/t22-,25+,26?/m1/s1. The summed E-state index contributed by atoms with van der Waals surface area (Å²) in [5, 5.41) is 12.3. The van der Waals surface area contributed by atoms with Crippen LogP contribution < -0.4 is 9.80 Å². The number of anilines is 2. The second-order valence-corrected chi connectivity index (χ2v) is 12.4. The van der Waals surface area contributed by atoms with Crippen LogP contribution in [-0.2, 0) is 14.4 Å². The van der Waals surface area contributed by atoms with Crippen LogP contribution in [0.2, 0.25) is 0 Å². The van der Waals surface area contributed by atoms with Crippen LogP contribution in [0.5, 0.6) is 0 Å². The number of hydrogen-bond donors (Lipinski definition) is 1. The number of amides is 2. The molecule has 1 saturated carbocycles. The number of rotatable bonds is 7. The molecule has 0 bridgehead atoms. The highest BCUT2D eigenvalue weighted by atomic mass is 32.1. The molecule has 3 aromatic rings. The molecule has 1 N–H and O–H groups in total. The Bertz CT molecular complexity index is 1450. The molecule has 1 aliphatic carbocycles. The first-order chi connectivity index (χ1) is 20.4. The summed E-state index contributed by atoms with van der Waals surface area (Å²) in [6, 6.07) is 11.4. The van der Waals surface area contributed by atoms with E-state index >= 15 is 0 Å². The van der Waals surface area contributed by atoms with Gasteiger partial charge in [0.25, 0.3) is 5.91 Å². The quantitative estimate of drug-likeness (QED) is 0.343. The van der Waals surface area contributed by atoms with Gasteiger partial charge in [0, 0.05) is 42.2 Å². The van der Waals surface area contributed by atoms with Crippen molar-refractivity contribution < 1.29 is 23.9 Å². The zero-order chi connectivity index (χ0) is 29.2. The van der Waals surface area contributed by atoms with E-state index in [4.69, 9.17) is 4.98 Å². The first-order valence-corrected chi connectivity index (χ1v) is 15.8. The molecule has 0 radical (unpaired) electrons. The molecule has 1 aromatic carbocycles. The van der Waals surface area contributed by atoms with Gasteiger partial charge in [0.15, 0.2) is 11.3 Å². The average Bonchev–Trinajstić information content (AvgIpc) is 3.76. The highest BCUT2D eigenvalue weighted by molar-refractivity contribution is 7.14. The minimum absolute atomic E-state index is 0.0983. The Morgan fingerprint density at radius 1 is 0.929 bits per heavy atom. The Balaban J connectivity index is 1.27. The van der Waals surface area contributed by atoms with Crippen LogP contribution in [0.1, 0.15) is 57.8 Å². The third-order valence-corrected chi connectivity index (χ3v) is 9.93. The van der Waals surface area contributed by atoms with Crippen LogP contribution in [-0.4, -0.2) is 52.1 Å². The molecule has 10 heteroatoms. The normalized spacial score (nSPS) is 23.8. The van der Waals surface area contributed by atoms with Gasteiger partial charge in [-0.2, -0.15) is 0 Å². The number of aromatic nitrogens is 2. The first kappa shape index (κ1) is 28.5. The van der Waals surface area contributed by atoms with Gasteiger partial charge < -0.3 is 5.11 Å². The molecule has 6 rings (SSSR count). The zero-order valence-corrected chi connectivity index (χ0v) is 24.3. The van der Waals surface area contributed by atoms with E-state index in [1.807, 2.05) is 35.7 Å². The topological polar surface area (TPSA) is 104 Å². The van der Waals surface area contributed by atoms with Crippen LogP contribution in [0.4, 0.5) is 15.3 Å². The van der Waals surface area contributed by atoms with Gasteiger partial charge >= 0.3 is 5.97 Å². The lowest BCUT2D eigenvalue weighted by Gasteiger charge is -2.35. The lowest BCUT2D eigenvalue weighted by atomic mass is 9.74. The van der Waals surface area contributed by atoms with Gasteiger partial charge in [-0.1, -0.05) is 56.4 Å². The van der Waals surface area contributed by atoms with Crippen LogP contribution >= 0.6 is 11.3 Å². The summed E-state index contributed by atoms with van der Waals surface area (Å²) in [6.07, 6.45) is 7.44. The molecule has 0 spiro atoms. The first-order valence-electron chi connectivity index (χ1n) is 14.9. The summed E-state index contributed by atoms with van der Waals surface area (Å²) in [4.78, 5) is 50.4. The maximum absolute atomic E-state index is 14.0. The van der Waals surface area contributed by atoms with Gasteiger partial charge in [-0.15, -0.1) is 11.3 Å². The number of nitrogens with zero attached hydrogens (tertiary/aromatic N) is 4. The molecule has 2 aliphatic heterocycles. The van der Waals surface area contributed by atoms with Crippen LogP contribution in [0.15, 0.2) is 48.0 Å². The summed E-state index contributed by atoms with van der Waals surface area (Å²) >= 11 is 1.40. The smallest absolute Gasteiger partial charge is 0.304 e. The number of thiazole rings is 1. The van der Waals surface area contributed by atoms with Crippen LogP contribution in [0.3, 0.4) is 0 Å². The van der Waals surface area contributed by atoms with Gasteiger partial charge in [-0.25, -0.2) is 14.4 Å². The third-order valence-electron chi connectivity index (χ3n) is 9.07. The predicted octanol–water partition coefficient (Wildman–Crippen LogP) is 6.36. The number of pyridine rings is 1. The molecule has 4 heterocycles. The molecule has 3 aliphatic rings. The van der Waals surface area contributed by atoms with E-state index in [1.54, 1.807) is 17.2 Å². The Hall–Kier alpha value is -3.66. The minimum Gasteiger partial charge on any atom is -0.481 e. The van der Waals surface area contributed by atoms with E-state index in [-0.39, 0.29) is 24.7 Å². The predicted molar refractivity (Wildman–Crippen MR) is 160 cm³/mol. The molecular formula is C32H35FN4O4S. The van der Waals surface area contributed by atoms with Crippen LogP contribution in [0.25, 0.3) is 22.4 Å². The van der Waals surface area contributed by atoms with E-state index in [1.165, 1.54) is 16.2 Å². The molecule has 42 heavy (non-hydrogen) atoms. The van der Waals surface area contributed by atoms with Gasteiger partial charge in [-0.3, -0.25) is 24.2 Å². The number of carbonyl (C=O) groups excluding carboxylic acids is 2. The number of carboxylic acids is 1. The van der Waals surface area contributed by atoms with E-state index in [0.717, 1.165) is 67.3 Å². The van der Waals surface area contributed by atoms with Gasteiger partial charge in [-0.05, 0) is 42.4 Å². The Labute approximate surface area is 248 Å². The van der Waals surface area contributed by atoms with Crippen molar-refractivity contribution in [2.45, 2.75) is 64.0 Å². The molecule has 2 saturated heterocycles. The monoisotopic (exact) mass is 590 g/mol. The Morgan fingerprint density at radius 2 is 1.69 bits per heavy atom. The number of alkyl halides is 1. The summed E-state index contributed by atoms with van der Waals surface area (Å²) in [7, 11) is 0. The summed E-state index contributed by atoms with van der Waals surface area (Å²) in [6.45, 7) is 0.843. The third kappa shape index (κ3) is 5.69. The van der Waals surface area contributed by atoms with Crippen molar-refractivity contribution in [3.8, 4) is 22.4 Å². The van der Waals surface area contributed by atoms with E-state index in [9.17, 15) is 23.9 Å². The SMILES string of the molecule is O=C(O)C[C@@H]1C(=O)N(c2nc(-c3ccccc3-c3ccc(N4CCC(F)C4=O)nc3)cs2)CCCC[C@@H]1C1CCCC1. The van der Waals surface area contributed by atoms with Crippen molar-refractivity contribution in [1.29, 1.82) is 0 Å². The molecule has 3 atom stereocenters. The zero-order valence-electron chi connectivity index (χ0n) is 23.5. The molecule has 2 aromatic heterocycles. The van der Waals surface area contributed by atoms with E-state index < -0.39 is 24.0 Å². The number of benzene rings is 1. The fourth-order valence-corrected chi connectivity index (χ4v) is 7.82. The van der Waals surface area contributed by atoms with E-state index in [2.05, 4.69) is 4.98 Å². The highest BCUT2D eigenvalue weighted by Gasteiger charge is 2.40.